The maximum atomic E-state index is 11.8. The van der Waals surface area contributed by atoms with Gasteiger partial charge in [0.1, 0.15) is 11.5 Å². The molecule has 4 rings (SSSR count). The van der Waals surface area contributed by atoms with Crippen molar-refractivity contribution in [3.05, 3.63) is 59.7 Å². The number of hydrogen-bond acceptors (Lipinski definition) is 4. The lowest BCUT2D eigenvalue weighted by atomic mass is 9.56. The van der Waals surface area contributed by atoms with Gasteiger partial charge in [-0.15, -0.1) is 0 Å². The summed E-state index contributed by atoms with van der Waals surface area (Å²) in [7, 11) is 3.37. The Morgan fingerprint density at radius 1 is 0.750 bits per heavy atom. The van der Waals surface area contributed by atoms with Crippen LogP contribution in [0.4, 0.5) is 0 Å². The molecule has 2 aromatic rings. The second-order valence-electron chi connectivity index (χ2n) is 9.91. The zero-order valence-electron chi connectivity index (χ0n) is 19.6. The monoisotopic (exact) mass is 438 g/mol. The Hall–Kier alpha value is -2.04. The third-order valence-electron chi connectivity index (χ3n) is 8.08. The normalized spacial score (nSPS) is 29.9. The second kappa shape index (κ2) is 9.84. The van der Waals surface area contributed by atoms with Crippen molar-refractivity contribution in [1.29, 1.82) is 0 Å². The number of fused-ring (bicyclic) bond motifs is 1. The number of benzene rings is 2. The molecule has 0 bridgehead atoms. The Bertz CT molecular complexity index is 823. The minimum atomic E-state index is -0.698. The zero-order valence-corrected chi connectivity index (χ0v) is 19.6. The van der Waals surface area contributed by atoms with E-state index in [2.05, 4.69) is 24.3 Å². The molecule has 4 heteroatoms. The number of hydrogen-bond donors (Lipinski definition) is 2. The number of rotatable bonds is 8. The van der Waals surface area contributed by atoms with Gasteiger partial charge in [-0.05, 0) is 98.6 Å². The SMILES string of the molecule is COc1cccc(CCC2(O)CCCC3C2CCCC3(O)CCc2cccc(OC)c2)c1. The molecule has 0 aromatic heterocycles. The van der Waals surface area contributed by atoms with E-state index in [1.807, 2.05) is 24.3 Å². The van der Waals surface area contributed by atoms with Crippen molar-refractivity contribution in [2.45, 2.75) is 75.4 Å². The lowest BCUT2D eigenvalue weighted by Gasteiger charge is -2.54. The fourth-order valence-corrected chi connectivity index (χ4v) is 6.31. The Morgan fingerprint density at radius 3 is 1.59 bits per heavy atom. The van der Waals surface area contributed by atoms with Crippen molar-refractivity contribution in [2.24, 2.45) is 11.8 Å². The van der Waals surface area contributed by atoms with E-state index >= 15 is 0 Å². The molecular weight excluding hydrogens is 400 g/mol. The van der Waals surface area contributed by atoms with Gasteiger partial charge in [0.05, 0.1) is 25.4 Å². The highest BCUT2D eigenvalue weighted by atomic mass is 16.5. The van der Waals surface area contributed by atoms with E-state index in [0.29, 0.717) is 0 Å². The van der Waals surface area contributed by atoms with Gasteiger partial charge in [0.15, 0.2) is 0 Å². The predicted octanol–water partition coefficient (Wildman–Crippen LogP) is 5.33. The van der Waals surface area contributed by atoms with Crippen molar-refractivity contribution in [1.82, 2.24) is 0 Å². The molecule has 0 spiro atoms. The van der Waals surface area contributed by atoms with E-state index in [0.717, 1.165) is 75.7 Å². The fraction of sp³-hybridized carbons (Fsp3) is 0.571. The molecule has 0 heterocycles. The smallest absolute Gasteiger partial charge is 0.119 e. The molecule has 174 valence electrons. The molecular formula is C28H38O4. The summed E-state index contributed by atoms with van der Waals surface area (Å²) in [5, 5.41) is 23.6. The molecule has 0 radical (unpaired) electrons. The van der Waals surface area contributed by atoms with Crippen LogP contribution in [0.3, 0.4) is 0 Å². The van der Waals surface area contributed by atoms with Gasteiger partial charge in [-0.2, -0.15) is 0 Å². The Balaban J connectivity index is 1.45. The van der Waals surface area contributed by atoms with E-state index in [-0.39, 0.29) is 11.8 Å². The Kier molecular flexibility index (Phi) is 7.11. The van der Waals surface area contributed by atoms with Gasteiger partial charge in [0.2, 0.25) is 0 Å². The number of methoxy groups -OCH3 is 2. The van der Waals surface area contributed by atoms with Crippen LogP contribution in [-0.2, 0) is 12.8 Å². The van der Waals surface area contributed by atoms with E-state index in [9.17, 15) is 10.2 Å². The lowest BCUT2D eigenvalue weighted by Crippen LogP contribution is -2.56. The van der Waals surface area contributed by atoms with Crippen molar-refractivity contribution in [3.8, 4) is 11.5 Å². The van der Waals surface area contributed by atoms with E-state index in [1.165, 1.54) is 11.1 Å². The quantitative estimate of drug-likeness (QED) is 0.585. The van der Waals surface area contributed by atoms with E-state index < -0.39 is 11.2 Å². The molecule has 2 fully saturated rings. The average Bonchev–Trinajstić information content (AvgIpc) is 2.83. The topological polar surface area (TPSA) is 58.9 Å². The minimum absolute atomic E-state index is 0.172. The summed E-state index contributed by atoms with van der Waals surface area (Å²) in [5.41, 5.74) is 1.00. The van der Waals surface area contributed by atoms with Crippen LogP contribution < -0.4 is 9.47 Å². The van der Waals surface area contributed by atoms with Gasteiger partial charge in [0.25, 0.3) is 0 Å². The molecule has 4 nitrogen and oxygen atoms in total. The summed E-state index contributed by atoms with van der Waals surface area (Å²) in [6.45, 7) is 0. The van der Waals surface area contributed by atoms with Crippen LogP contribution in [0.25, 0.3) is 0 Å². The standard InChI is InChI=1S/C28H38O4/c1-31-23-9-3-7-21(19-23)13-17-27(29)15-5-12-26-25(27)11-6-16-28(26,30)18-14-22-8-4-10-24(20-22)32-2/h3-4,7-10,19-20,25-26,29-30H,5-6,11-18H2,1-2H3. The molecule has 2 saturated carbocycles. The van der Waals surface area contributed by atoms with Crippen LogP contribution in [0.2, 0.25) is 0 Å². The first kappa shape index (κ1) is 23.1. The van der Waals surface area contributed by atoms with Crippen LogP contribution in [0.15, 0.2) is 48.5 Å². The first-order valence-corrected chi connectivity index (χ1v) is 12.2. The van der Waals surface area contributed by atoms with Gasteiger partial charge >= 0.3 is 0 Å². The molecule has 2 aliphatic rings. The largest absolute Gasteiger partial charge is 0.497 e. The summed E-state index contributed by atoms with van der Waals surface area (Å²) in [5.74, 6) is 2.07. The molecule has 0 amide bonds. The van der Waals surface area contributed by atoms with E-state index in [1.54, 1.807) is 14.2 Å². The molecule has 4 atom stereocenters. The van der Waals surface area contributed by atoms with Crippen molar-refractivity contribution in [2.75, 3.05) is 14.2 Å². The molecule has 2 aliphatic carbocycles. The second-order valence-corrected chi connectivity index (χ2v) is 9.91. The third-order valence-corrected chi connectivity index (χ3v) is 8.08. The van der Waals surface area contributed by atoms with E-state index in [4.69, 9.17) is 9.47 Å². The Labute approximate surface area is 192 Å². The molecule has 4 unspecified atom stereocenters. The Morgan fingerprint density at radius 2 is 1.19 bits per heavy atom. The number of aliphatic hydroxyl groups is 2. The fourth-order valence-electron chi connectivity index (χ4n) is 6.31. The van der Waals surface area contributed by atoms with Crippen molar-refractivity contribution >= 4 is 0 Å². The summed E-state index contributed by atoms with van der Waals surface area (Å²) in [4.78, 5) is 0. The van der Waals surface area contributed by atoms with Gasteiger partial charge in [-0.1, -0.05) is 37.1 Å². The lowest BCUT2D eigenvalue weighted by molar-refractivity contribution is -0.167. The summed E-state index contributed by atoms with van der Waals surface area (Å²) < 4.78 is 10.7. The predicted molar refractivity (Wildman–Crippen MR) is 127 cm³/mol. The summed E-state index contributed by atoms with van der Waals surface area (Å²) in [6, 6.07) is 16.3. The van der Waals surface area contributed by atoms with Crippen molar-refractivity contribution in [3.63, 3.8) is 0 Å². The van der Waals surface area contributed by atoms with Crippen LogP contribution in [0.5, 0.6) is 11.5 Å². The van der Waals surface area contributed by atoms with Gasteiger partial charge < -0.3 is 19.7 Å². The van der Waals surface area contributed by atoms with Gasteiger partial charge in [-0.25, -0.2) is 0 Å². The van der Waals surface area contributed by atoms with Crippen LogP contribution in [0.1, 0.15) is 62.5 Å². The van der Waals surface area contributed by atoms with Gasteiger partial charge in [0, 0.05) is 0 Å². The molecule has 2 aromatic carbocycles. The third kappa shape index (κ3) is 4.97. The number of aryl methyl sites for hydroxylation is 2. The van der Waals surface area contributed by atoms with Crippen molar-refractivity contribution < 1.29 is 19.7 Å². The minimum Gasteiger partial charge on any atom is -0.497 e. The van der Waals surface area contributed by atoms with Gasteiger partial charge in [-0.3, -0.25) is 0 Å². The highest BCUT2D eigenvalue weighted by molar-refractivity contribution is 5.29. The highest BCUT2D eigenvalue weighted by Crippen LogP contribution is 2.53. The first-order valence-electron chi connectivity index (χ1n) is 12.2. The maximum absolute atomic E-state index is 11.8. The molecule has 2 N–H and O–H groups in total. The van der Waals surface area contributed by atoms with Crippen LogP contribution >= 0.6 is 0 Å². The van der Waals surface area contributed by atoms with Crippen LogP contribution in [0, 0.1) is 11.8 Å². The molecule has 0 aliphatic heterocycles. The first-order chi connectivity index (χ1) is 15.5. The summed E-state index contributed by atoms with van der Waals surface area (Å²) in [6.07, 6.45) is 8.82. The maximum Gasteiger partial charge on any atom is 0.119 e. The van der Waals surface area contributed by atoms with Crippen LogP contribution in [-0.4, -0.2) is 35.6 Å². The molecule has 0 saturated heterocycles. The zero-order chi connectivity index (χ0) is 22.6. The average molecular weight is 439 g/mol. The number of ether oxygens (including phenoxy) is 2. The highest BCUT2D eigenvalue weighted by Gasteiger charge is 2.53. The molecule has 32 heavy (non-hydrogen) atoms. The summed E-state index contributed by atoms with van der Waals surface area (Å²) >= 11 is 0.